The van der Waals surface area contributed by atoms with Gasteiger partial charge in [0.15, 0.2) is 5.13 Å². The predicted molar refractivity (Wildman–Crippen MR) is 146 cm³/mol. The average Bonchev–Trinajstić information content (AvgIpc) is 3.55. The number of anilines is 1. The summed E-state index contributed by atoms with van der Waals surface area (Å²) >= 11 is 2.24. The number of hydrogen-bond acceptors (Lipinski definition) is 13. The number of hydrogen-bond donors (Lipinski definition) is 3. The quantitative estimate of drug-likeness (QED) is 0.0993. The minimum absolute atomic E-state index is 0.0334. The largest absolute Gasteiger partial charge is 0.543 e. The van der Waals surface area contributed by atoms with Gasteiger partial charge in [-0.05, 0) is 24.0 Å². The van der Waals surface area contributed by atoms with Crippen LogP contribution >= 0.6 is 23.3 Å². The molecule has 0 radical (unpaired) electrons. The molecular formula is C24H26N10O5S2. The normalized spacial score (nSPS) is 21.0. The first-order valence-electron chi connectivity index (χ1n) is 12.9. The molecule has 4 N–H and O–H groups in total. The van der Waals surface area contributed by atoms with Crippen molar-refractivity contribution in [2.24, 2.45) is 11.1 Å². The summed E-state index contributed by atoms with van der Waals surface area (Å²) in [6.45, 7) is 4.87. The van der Waals surface area contributed by atoms with E-state index in [4.69, 9.17) is 10.6 Å². The van der Waals surface area contributed by atoms with Crippen LogP contribution in [0.2, 0.25) is 0 Å². The van der Waals surface area contributed by atoms with Crippen molar-refractivity contribution < 1.29 is 28.9 Å². The minimum Gasteiger partial charge on any atom is -0.543 e. The third-order valence-corrected chi connectivity index (χ3v) is 8.90. The van der Waals surface area contributed by atoms with Crippen molar-refractivity contribution in [3.05, 3.63) is 41.8 Å². The highest BCUT2D eigenvalue weighted by molar-refractivity contribution is 8.00. The highest BCUT2D eigenvalue weighted by Crippen LogP contribution is 2.40. The Labute approximate surface area is 241 Å². The van der Waals surface area contributed by atoms with Crippen LogP contribution in [0.1, 0.15) is 12.7 Å². The Morgan fingerprint density at radius 2 is 2.22 bits per heavy atom. The molecule has 0 bridgehead atoms. The van der Waals surface area contributed by atoms with Gasteiger partial charge in [-0.25, -0.2) is 4.57 Å². The van der Waals surface area contributed by atoms with Crippen molar-refractivity contribution in [2.75, 3.05) is 31.2 Å². The number of fused-ring (bicyclic) bond motifs is 2. The highest BCUT2D eigenvalue weighted by atomic mass is 32.2. The number of oxime groups is 1. The van der Waals surface area contributed by atoms with Crippen LogP contribution in [0.3, 0.4) is 0 Å². The van der Waals surface area contributed by atoms with Crippen molar-refractivity contribution in [1.82, 2.24) is 34.4 Å². The lowest BCUT2D eigenvalue weighted by Crippen LogP contribution is -2.71. The van der Waals surface area contributed by atoms with Gasteiger partial charge in [0.25, 0.3) is 11.8 Å². The summed E-state index contributed by atoms with van der Waals surface area (Å²) in [5.41, 5.74) is 7.39. The number of β-lactam (4-membered cyclic amide) rings is 1. The fourth-order valence-corrected chi connectivity index (χ4v) is 6.73. The van der Waals surface area contributed by atoms with Gasteiger partial charge in [0.2, 0.25) is 17.9 Å². The fourth-order valence-electron chi connectivity index (χ4n) is 4.96. The highest BCUT2D eigenvalue weighted by Gasteiger charge is 2.53. The predicted octanol–water partition coefficient (Wildman–Crippen LogP) is -2.18. The second-order valence-corrected chi connectivity index (χ2v) is 11.6. The summed E-state index contributed by atoms with van der Waals surface area (Å²) in [4.78, 5) is 53.3. The maximum absolute atomic E-state index is 13.2. The van der Waals surface area contributed by atoms with Gasteiger partial charge in [0.05, 0.1) is 17.9 Å². The van der Waals surface area contributed by atoms with Crippen LogP contribution < -0.4 is 26.0 Å². The monoisotopic (exact) mass is 598 g/mol. The van der Waals surface area contributed by atoms with E-state index in [0.717, 1.165) is 42.3 Å². The number of amides is 2. The first-order valence-corrected chi connectivity index (χ1v) is 14.7. The topological polar surface area (TPSA) is 197 Å². The molecule has 2 atom stereocenters. The van der Waals surface area contributed by atoms with Crippen molar-refractivity contribution in [3.63, 3.8) is 0 Å². The van der Waals surface area contributed by atoms with E-state index in [0.29, 0.717) is 17.2 Å². The van der Waals surface area contributed by atoms with E-state index in [2.05, 4.69) is 34.7 Å². The lowest BCUT2D eigenvalue weighted by atomic mass is 10.0. The summed E-state index contributed by atoms with van der Waals surface area (Å²) < 4.78 is 7.97. The zero-order valence-electron chi connectivity index (χ0n) is 21.8. The molecule has 2 amide bonds. The summed E-state index contributed by atoms with van der Waals surface area (Å²) in [6.07, 6.45) is 3.63. The standard InChI is InChI=1S/C24H26N10O5S2/c1-2-39-30-15(18-29-24(25)41-31-18)20(35)28-16-21(36)34-17(23(37)38)13(10-40-22(16)34)9-32-5-3-4-14-19(32)27-11-33(14)8-12-6-26-7-12/h3-5,11-12,16,22,26H,2,6-10H2,1H3,(H3-,25,28,29,31,35,37,38)/b30-15-. The Hall–Kier alpha value is -4.09. The molecule has 41 heavy (non-hydrogen) atoms. The Morgan fingerprint density at radius 3 is 2.90 bits per heavy atom. The lowest BCUT2D eigenvalue weighted by Gasteiger charge is -2.50. The van der Waals surface area contributed by atoms with E-state index in [1.54, 1.807) is 13.3 Å². The number of nitrogens with zero attached hydrogens (tertiary/aromatic N) is 7. The third-order valence-electron chi connectivity index (χ3n) is 7.01. The molecule has 0 aliphatic carbocycles. The van der Waals surface area contributed by atoms with Crippen LogP contribution in [0.15, 0.2) is 41.1 Å². The van der Waals surface area contributed by atoms with Crippen LogP contribution in [0.25, 0.3) is 11.2 Å². The molecule has 17 heteroatoms. The molecule has 2 unspecified atom stereocenters. The second-order valence-electron chi connectivity index (χ2n) is 9.68. The molecule has 3 aromatic heterocycles. The van der Waals surface area contributed by atoms with Gasteiger partial charge in [0.1, 0.15) is 30.1 Å². The van der Waals surface area contributed by atoms with Crippen molar-refractivity contribution in [2.45, 2.75) is 31.4 Å². The van der Waals surface area contributed by atoms with E-state index in [1.165, 1.54) is 16.7 Å². The Balaban J connectivity index is 1.21. The maximum Gasteiger partial charge on any atom is 0.349 e. The van der Waals surface area contributed by atoms with E-state index in [-0.39, 0.29) is 35.5 Å². The smallest absolute Gasteiger partial charge is 0.349 e. The van der Waals surface area contributed by atoms with Gasteiger partial charge in [0, 0.05) is 48.4 Å². The number of aliphatic carboxylic acids is 1. The van der Waals surface area contributed by atoms with Crippen LogP contribution in [-0.4, -0.2) is 84.2 Å². The zero-order chi connectivity index (χ0) is 28.7. The van der Waals surface area contributed by atoms with E-state index in [1.807, 2.05) is 22.9 Å². The third kappa shape index (κ3) is 5.00. The number of carbonyl (C=O) groups excluding carboxylic acids is 3. The number of pyridine rings is 1. The van der Waals surface area contributed by atoms with Gasteiger partial charge in [-0.15, -0.1) is 11.8 Å². The van der Waals surface area contributed by atoms with Gasteiger partial charge in [-0.1, -0.05) is 5.16 Å². The van der Waals surface area contributed by atoms with E-state index >= 15 is 0 Å². The molecule has 6 rings (SSSR count). The molecule has 3 aromatic rings. The number of carbonyl (C=O) groups is 3. The van der Waals surface area contributed by atoms with Gasteiger partial charge < -0.3 is 35.7 Å². The first kappa shape index (κ1) is 27.1. The number of nitrogen functional groups attached to an aromatic ring is 1. The number of rotatable bonds is 10. The van der Waals surface area contributed by atoms with Gasteiger partial charge in [-0.2, -0.15) is 9.36 Å². The van der Waals surface area contributed by atoms with E-state index in [9.17, 15) is 19.5 Å². The summed E-state index contributed by atoms with van der Waals surface area (Å²) in [5, 5.41) is 21.5. The van der Waals surface area contributed by atoms with Gasteiger partial charge in [-0.3, -0.25) is 14.5 Å². The fraction of sp³-hybridized carbons (Fsp3) is 0.417. The van der Waals surface area contributed by atoms with Crippen LogP contribution in [-0.2, 0) is 32.3 Å². The SMILES string of the molecule is CCO/N=C(\C(=O)NC1C(=O)N2C(C(=O)[O-])=C(C[n+]3cccc4c3ncn4CC3CNC3)CSC12)c1nsc(N)n1. The Bertz CT molecular complexity index is 1600. The molecule has 3 aliphatic heterocycles. The average molecular weight is 599 g/mol. The molecule has 0 saturated carbocycles. The zero-order valence-corrected chi connectivity index (χ0v) is 23.5. The molecule has 0 spiro atoms. The summed E-state index contributed by atoms with van der Waals surface area (Å²) in [6, 6.07) is 2.89. The molecule has 0 aromatic carbocycles. The summed E-state index contributed by atoms with van der Waals surface area (Å²) in [7, 11) is 0. The number of nitrogens with two attached hydrogens (primary N) is 1. The number of nitrogens with one attached hydrogen (secondary N) is 2. The first-order chi connectivity index (χ1) is 19.9. The van der Waals surface area contributed by atoms with Gasteiger partial charge >= 0.3 is 5.65 Å². The molecular weight excluding hydrogens is 572 g/mol. The van der Waals surface area contributed by atoms with Crippen LogP contribution in [0.5, 0.6) is 0 Å². The second kappa shape index (κ2) is 11.1. The summed E-state index contributed by atoms with van der Waals surface area (Å²) in [5.74, 6) is -1.95. The number of carboxylic acids is 1. The number of thioether (sulfide) groups is 1. The number of aromatic nitrogens is 5. The Morgan fingerprint density at radius 1 is 1.39 bits per heavy atom. The lowest BCUT2D eigenvalue weighted by molar-refractivity contribution is -0.664. The van der Waals surface area contributed by atoms with Crippen molar-refractivity contribution >= 4 is 63.1 Å². The Kier molecular flexibility index (Phi) is 7.31. The van der Waals surface area contributed by atoms with E-state index < -0.39 is 29.2 Å². The molecule has 15 nitrogen and oxygen atoms in total. The maximum atomic E-state index is 13.2. The van der Waals surface area contributed by atoms with Crippen molar-refractivity contribution in [3.8, 4) is 0 Å². The molecule has 214 valence electrons. The molecule has 2 fully saturated rings. The molecule has 6 heterocycles. The molecule has 2 saturated heterocycles. The van der Waals surface area contributed by atoms with Crippen LogP contribution in [0.4, 0.5) is 5.13 Å². The number of carboxylic acid groups (broad SMARTS) is 1. The minimum atomic E-state index is -1.46. The van der Waals surface area contributed by atoms with Crippen molar-refractivity contribution in [1.29, 1.82) is 0 Å². The molecule has 3 aliphatic rings. The van der Waals surface area contributed by atoms with Crippen LogP contribution in [0, 0.1) is 5.92 Å². The number of imidazole rings is 1.